The van der Waals surface area contributed by atoms with E-state index >= 15 is 0 Å². The summed E-state index contributed by atoms with van der Waals surface area (Å²) in [6.45, 7) is 68.2. The molecule has 816 valence electrons. The second-order valence-electron chi connectivity index (χ2n) is 46.8. The van der Waals surface area contributed by atoms with Crippen LogP contribution in [-0.2, 0) is 43.3 Å². The van der Waals surface area contributed by atoms with E-state index in [2.05, 4.69) is 207 Å². The number of pyridine rings is 2. The zero-order chi connectivity index (χ0) is 110. The lowest BCUT2D eigenvalue weighted by Crippen LogP contribution is -2.46. The number of allylic oxidation sites excluding steroid dienone is 1. The summed E-state index contributed by atoms with van der Waals surface area (Å²) in [7, 11) is 1.67. The summed E-state index contributed by atoms with van der Waals surface area (Å²) < 4.78 is 55.9. The Morgan fingerprint density at radius 1 is 0.460 bits per heavy atom. The second kappa shape index (κ2) is 64.8. The zero-order valence-corrected chi connectivity index (χ0v) is 96.5. The first-order chi connectivity index (χ1) is 71.4. The Morgan fingerprint density at radius 3 is 1.33 bits per heavy atom. The van der Waals surface area contributed by atoms with E-state index in [0.717, 1.165) is 198 Å². The third kappa shape index (κ3) is 41.9. The summed E-state index contributed by atoms with van der Waals surface area (Å²) in [6, 6.07) is 59.6. The zero-order valence-electron chi connectivity index (χ0n) is 96.5. The molecule has 0 unspecified atom stereocenters. The quantitative estimate of drug-likeness (QED) is 0.0264. The molecule has 9 aromatic carbocycles. The molecular formula is C134H187F2N5O9. The van der Waals surface area contributed by atoms with Crippen molar-refractivity contribution in [3.05, 3.63) is 281 Å². The number of piperidine rings is 1. The summed E-state index contributed by atoms with van der Waals surface area (Å²) in [5.74, 6) is 9.57. The predicted octanol–water partition coefficient (Wildman–Crippen LogP) is 33.8. The molecule has 16 heteroatoms. The molecule has 0 radical (unpaired) electrons. The van der Waals surface area contributed by atoms with E-state index in [-0.39, 0.29) is 40.0 Å². The van der Waals surface area contributed by atoms with Crippen LogP contribution in [0.5, 0.6) is 5.75 Å². The minimum Gasteiger partial charge on any atom is -0.493 e. The summed E-state index contributed by atoms with van der Waals surface area (Å²) >= 11 is 0. The third-order valence-corrected chi connectivity index (χ3v) is 28.9. The lowest BCUT2D eigenvalue weighted by molar-refractivity contribution is -0.121. The highest BCUT2D eigenvalue weighted by atomic mass is 19.1. The number of benzene rings is 9. The lowest BCUT2D eigenvalue weighted by atomic mass is 9.48. The number of ether oxygens (including phenoxy) is 5. The Bertz CT molecular complexity index is 6020. The van der Waals surface area contributed by atoms with Gasteiger partial charge in [0, 0.05) is 93.7 Å². The maximum absolute atomic E-state index is 13.2. The van der Waals surface area contributed by atoms with E-state index in [1.807, 2.05) is 126 Å². The van der Waals surface area contributed by atoms with Crippen molar-refractivity contribution < 1.29 is 42.1 Å². The molecule has 0 atom stereocenters. The number of halogens is 2. The van der Waals surface area contributed by atoms with Gasteiger partial charge < -0.3 is 32.8 Å². The molecule has 3 heterocycles. The molecule has 4 saturated carbocycles. The van der Waals surface area contributed by atoms with E-state index in [1.54, 1.807) is 75.7 Å². The first-order valence-electron chi connectivity index (χ1n) is 56.6. The number of nitriles is 2. The number of carbonyl (C=O) groups excluding carboxylic acids is 2. The number of anilines is 1. The van der Waals surface area contributed by atoms with Crippen LogP contribution in [-0.4, -0.2) is 74.4 Å². The van der Waals surface area contributed by atoms with E-state index in [0.29, 0.717) is 92.2 Å². The average molecular weight is 2050 g/mol. The molecular weight excluding hydrogens is 1860 g/mol. The minimum absolute atomic E-state index is 0.0303. The first kappa shape index (κ1) is 126. The fourth-order valence-electron chi connectivity index (χ4n) is 21.5. The number of aromatic nitrogens is 2. The lowest BCUT2D eigenvalue weighted by Gasteiger charge is -2.57. The van der Waals surface area contributed by atoms with Crippen LogP contribution >= 0.6 is 0 Å². The Labute approximate surface area is 902 Å². The van der Waals surface area contributed by atoms with Crippen LogP contribution in [0.3, 0.4) is 0 Å². The van der Waals surface area contributed by atoms with Crippen LogP contribution in [0.25, 0.3) is 56.2 Å². The van der Waals surface area contributed by atoms with Crippen molar-refractivity contribution in [1.29, 1.82) is 10.5 Å². The smallest absolute Gasteiger partial charge is 0.338 e. The fraction of sp³-hybridized carbons (Fsp3) is 0.537. The number of rotatable bonds is 40. The van der Waals surface area contributed by atoms with Gasteiger partial charge in [-0.15, -0.1) is 0 Å². The van der Waals surface area contributed by atoms with Gasteiger partial charge in [-0.25, -0.2) is 13.6 Å². The van der Waals surface area contributed by atoms with E-state index in [4.69, 9.17) is 34.2 Å². The number of unbranched alkanes of at least 4 members (excludes halogenated alkanes) is 8. The van der Waals surface area contributed by atoms with Gasteiger partial charge in [0.1, 0.15) is 29.5 Å². The van der Waals surface area contributed by atoms with E-state index < -0.39 is 0 Å². The molecule has 16 rings (SSSR count). The van der Waals surface area contributed by atoms with Crippen molar-refractivity contribution in [1.82, 2.24) is 9.13 Å². The molecule has 5 fully saturated rings. The number of hydrogen-bond donors (Lipinski definition) is 0. The minimum atomic E-state index is -0.247. The van der Waals surface area contributed by atoms with E-state index in [9.17, 15) is 28.0 Å². The van der Waals surface area contributed by atoms with Crippen molar-refractivity contribution in [3.63, 3.8) is 0 Å². The number of esters is 1. The van der Waals surface area contributed by atoms with Crippen LogP contribution in [0.4, 0.5) is 14.5 Å². The Hall–Kier alpha value is -10.9. The van der Waals surface area contributed by atoms with Gasteiger partial charge >= 0.3 is 5.97 Å². The molecule has 4 bridgehead atoms. The highest BCUT2D eigenvalue weighted by molar-refractivity contribution is 6.10. The molecule has 1 saturated heterocycles. The molecule has 5 aliphatic rings. The summed E-state index contributed by atoms with van der Waals surface area (Å²) in [6.07, 6.45) is 31.4. The SMILES string of the molecule is C=C1CC(C)(C)CC(=O)N1c1ccc(C(C)C)cc1.C=c1c2cccc3cccc(c(=O)n1CCCCCC(C)C)c32.C=c1c2cccc3cccc(c(=O)n1CCCCCCC(C)C)c32.CC(C)CC12CC3CC(CC(C3)C1)C2.CC(C)c1ccc(C#N)c(C#N)c1.CCOC(=O)c1ccc(C(C)C)cc1.COCCOCCOCCC(C)C.Cc1cc(F)cc(OCCCCCCC(C)C)c1.Cc1cccc(F)c1CC(C)C. The first-order valence-corrected chi connectivity index (χ1v) is 56.6. The molecule has 2 aromatic heterocycles. The van der Waals surface area contributed by atoms with E-state index in [1.165, 1.54) is 106 Å². The van der Waals surface area contributed by atoms with Crippen LogP contribution in [0.1, 0.15) is 372 Å². The topological polar surface area (TPSA) is 175 Å². The molecule has 4 aliphatic carbocycles. The van der Waals surface area contributed by atoms with Crippen molar-refractivity contribution >= 4 is 73.8 Å². The van der Waals surface area contributed by atoms with Gasteiger partial charge in [-0.2, -0.15) is 10.5 Å². The monoisotopic (exact) mass is 2050 g/mol. The van der Waals surface area contributed by atoms with Crippen molar-refractivity contribution in [2.24, 2.45) is 64.1 Å². The number of aryl methyl sites for hydroxylation is 2. The van der Waals surface area contributed by atoms with Crippen LogP contribution in [0.2, 0.25) is 0 Å². The standard InChI is InChI=1S/C22H27NO.C21H25NO.C17H23NO.C16H25FO.C14H24.C12H16O2.C11H15F.C11H10N2.C10H22O3/c1-16(2)10-6-4-5-7-15-23-17(3)19-13-8-11-18-12-9-14-20(21(18)19)22(23)24;1-15(2)9-5-4-6-14-22-16(3)18-12-7-10-17-11-8-13-19(20(17)18)21(22)23;1-12(2)14-6-8-15(9-7-14)18-13(3)10-17(4,5)11-16(18)19;1-13(2)8-6-4-5-7-9-18-16-11-14(3)10-15(17)12-16;1-10(2)6-14-7-11-3-12(8-14)5-13(4-11)9-14;1-4-14-12(13)11-7-5-10(6-8-11)9(2)3;1-8(2)7-10-9(3)5-4-6-11(10)12;1-8(2)9-3-4-10(6-12)11(5-9)7-13;1-10(2)4-5-12-8-9-13-7-6-11-3/h8-9,11-14,16H,3-7,10,15H2,1-2H3;7-8,10-13,15H,3-6,9,14H2,1-2H3;6-9,12H,3,10-11H2,1-2,4-5H3;10-13H,4-9H2,1-3H3;10-13H,3-9H2,1-2H3;5-9H,4H2,1-3H3;4-6,8H,7H2,1-3H3;3-5,8H,1-2H3;10H,4-9H2,1-3H3. The number of methoxy groups -OCH3 is 1. The largest absolute Gasteiger partial charge is 0.493 e. The number of hydrogen-bond acceptors (Lipinski definition) is 11. The highest BCUT2D eigenvalue weighted by Gasteiger charge is 2.51. The number of carbonyl (C=O) groups is 2. The average Bonchev–Trinajstić information content (AvgIpc) is 0.752. The van der Waals surface area contributed by atoms with Gasteiger partial charge in [0.05, 0.1) is 56.3 Å². The summed E-state index contributed by atoms with van der Waals surface area (Å²) in [5, 5.41) is 27.3. The maximum Gasteiger partial charge on any atom is 0.338 e. The van der Waals surface area contributed by atoms with Crippen LogP contribution in [0, 0.1) is 112 Å². The molecule has 1 amide bonds. The van der Waals surface area contributed by atoms with Gasteiger partial charge in [0.15, 0.2) is 0 Å². The molecule has 150 heavy (non-hydrogen) atoms. The Morgan fingerprint density at radius 2 is 0.900 bits per heavy atom. The normalized spacial score (nSPS) is 15.7. The van der Waals surface area contributed by atoms with Crippen LogP contribution < -0.4 is 31.5 Å². The van der Waals surface area contributed by atoms with Gasteiger partial charge in [-0.1, -0.05) is 332 Å². The second-order valence-corrected chi connectivity index (χ2v) is 46.8. The highest BCUT2D eigenvalue weighted by Crippen LogP contribution is 2.62. The van der Waals surface area contributed by atoms with Gasteiger partial charge in [0.25, 0.3) is 11.1 Å². The predicted molar refractivity (Wildman–Crippen MR) is 628 cm³/mol. The third-order valence-electron chi connectivity index (χ3n) is 28.9. The Balaban J connectivity index is 0.000000231. The summed E-state index contributed by atoms with van der Waals surface area (Å²) in [4.78, 5) is 51.1. The van der Waals surface area contributed by atoms with Gasteiger partial charge in [0.2, 0.25) is 5.91 Å². The molecule has 0 spiro atoms. The molecule has 11 aromatic rings. The number of amides is 1. The molecule has 1 aliphatic heterocycles. The molecule has 14 nitrogen and oxygen atoms in total. The van der Waals surface area contributed by atoms with Crippen molar-refractivity contribution in [2.45, 2.75) is 351 Å². The van der Waals surface area contributed by atoms with Gasteiger partial charge in [-0.3, -0.25) is 19.3 Å². The number of nitrogens with zero attached hydrogens (tertiary/aromatic N) is 5. The maximum atomic E-state index is 13.2. The van der Waals surface area contributed by atoms with Crippen molar-refractivity contribution in [2.75, 3.05) is 58.3 Å². The Kier molecular flexibility index (Phi) is 54.5. The molecule has 0 N–H and O–H groups in total. The van der Waals surface area contributed by atoms with Crippen molar-refractivity contribution in [3.8, 4) is 17.9 Å². The van der Waals surface area contributed by atoms with Gasteiger partial charge in [-0.05, 0) is 297 Å². The fourth-order valence-corrected chi connectivity index (χ4v) is 21.5. The summed E-state index contributed by atoms with van der Waals surface area (Å²) in [5.41, 5.74) is 10.9. The van der Waals surface area contributed by atoms with Crippen LogP contribution in [0.15, 0.2) is 198 Å².